The van der Waals surface area contributed by atoms with E-state index in [1.54, 1.807) is 0 Å². The van der Waals surface area contributed by atoms with Crippen molar-refractivity contribution in [3.05, 3.63) is 70.8 Å². The van der Waals surface area contributed by atoms with E-state index < -0.39 is 0 Å². The first kappa shape index (κ1) is 16.7. The van der Waals surface area contributed by atoms with Gasteiger partial charge in [0.15, 0.2) is 0 Å². The Balaban J connectivity index is 1.79. The number of carbonyl (C=O) groups excluding carboxylic acids is 1. The van der Waals surface area contributed by atoms with Crippen molar-refractivity contribution in [3.63, 3.8) is 0 Å². The Bertz CT molecular complexity index is 697. The first-order valence-corrected chi connectivity index (χ1v) is 8.44. The number of rotatable bonds is 6. The van der Waals surface area contributed by atoms with Gasteiger partial charge in [0.1, 0.15) is 0 Å². The van der Waals surface area contributed by atoms with Gasteiger partial charge in [-0.05, 0) is 42.9 Å². The van der Waals surface area contributed by atoms with Crippen molar-refractivity contribution in [1.29, 1.82) is 0 Å². The molecule has 126 valence electrons. The molecule has 1 N–H and O–H groups in total. The Kier molecular flexibility index (Phi) is 5.28. The molecule has 1 aliphatic rings. The van der Waals surface area contributed by atoms with E-state index in [1.165, 1.54) is 11.1 Å². The van der Waals surface area contributed by atoms with Crippen LogP contribution in [0.5, 0.6) is 0 Å². The van der Waals surface area contributed by atoms with E-state index >= 15 is 0 Å². The van der Waals surface area contributed by atoms with E-state index in [4.69, 9.17) is 0 Å². The van der Waals surface area contributed by atoms with Crippen molar-refractivity contribution in [2.45, 2.75) is 19.6 Å². The van der Waals surface area contributed by atoms with E-state index in [2.05, 4.69) is 28.4 Å². The minimum Gasteiger partial charge on any atom is -0.333 e. The van der Waals surface area contributed by atoms with Crippen LogP contribution in [0.4, 0.5) is 0 Å². The second-order valence-corrected chi connectivity index (χ2v) is 6.60. The summed E-state index contributed by atoms with van der Waals surface area (Å²) in [6.07, 6.45) is 0. The van der Waals surface area contributed by atoms with Crippen molar-refractivity contribution in [2.75, 3.05) is 27.2 Å². The molecule has 3 rings (SSSR count). The van der Waals surface area contributed by atoms with Crippen molar-refractivity contribution in [3.8, 4) is 0 Å². The molecule has 0 fully saturated rings. The van der Waals surface area contributed by atoms with Crippen LogP contribution < -0.4 is 5.32 Å². The molecule has 0 spiro atoms. The maximum absolute atomic E-state index is 13.0. The Morgan fingerprint density at radius 2 is 1.75 bits per heavy atom. The summed E-state index contributed by atoms with van der Waals surface area (Å²) in [4.78, 5) is 17.1. The molecule has 0 aliphatic carbocycles. The van der Waals surface area contributed by atoms with Crippen LogP contribution in [-0.4, -0.2) is 42.9 Å². The summed E-state index contributed by atoms with van der Waals surface area (Å²) in [6.45, 7) is 3.97. The summed E-state index contributed by atoms with van der Waals surface area (Å²) >= 11 is 0. The summed E-state index contributed by atoms with van der Waals surface area (Å²) in [7, 11) is 4.07. The van der Waals surface area contributed by atoms with Gasteiger partial charge in [-0.3, -0.25) is 4.79 Å². The molecule has 0 saturated heterocycles. The zero-order valence-electron chi connectivity index (χ0n) is 14.5. The molecule has 1 aliphatic heterocycles. The minimum absolute atomic E-state index is 0.107. The topological polar surface area (TPSA) is 35.6 Å². The molecule has 24 heavy (non-hydrogen) atoms. The van der Waals surface area contributed by atoms with E-state index in [9.17, 15) is 4.79 Å². The molecule has 1 amide bonds. The van der Waals surface area contributed by atoms with E-state index in [0.29, 0.717) is 6.54 Å². The standard InChI is InChI=1S/C20H25N3O/c1-22(2)10-11-23(15-16-6-4-3-5-7-16)20(24)17-8-9-18-13-21-14-19(18)12-17/h3-9,12,21H,10-11,13-15H2,1-2H3. The lowest BCUT2D eigenvalue weighted by molar-refractivity contribution is 0.0732. The molecule has 0 bridgehead atoms. The molecule has 4 heteroatoms. The highest BCUT2D eigenvalue weighted by atomic mass is 16.2. The van der Waals surface area contributed by atoms with Crippen LogP contribution in [0.1, 0.15) is 27.0 Å². The van der Waals surface area contributed by atoms with Gasteiger partial charge in [-0.2, -0.15) is 0 Å². The summed E-state index contributed by atoms with van der Waals surface area (Å²) in [5.41, 5.74) is 4.49. The van der Waals surface area contributed by atoms with E-state index in [-0.39, 0.29) is 5.91 Å². The second kappa shape index (κ2) is 7.60. The highest BCUT2D eigenvalue weighted by Crippen LogP contribution is 2.19. The second-order valence-electron chi connectivity index (χ2n) is 6.60. The molecule has 0 atom stereocenters. The van der Waals surface area contributed by atoms with Crippen LogP contribution >= 0.6 is 0 Å². The summed E-state index contributed by atoms with van der Waals surface area (Å²) in [5, 5.41) is 3.33. The molecule has 4 nitrogen and oxygen atoms in total. The van der Waals surface area contributed by atoms with Gasteiger partial charge in [-0.15, -0.1) is 0 Å². The molecule has 0 unspecified atom stereocenters. The molecule has 0 aromatic heterocycles. The summed E-state index contributed by atoms with van der Waals surface area (Å²) in [6, 6.07) is 16.3. The van der Waals surface area contributed by atoms with E-state index in [0.717, 1.165) is 37.3 Å². The van der Waals surface area contributed by atoms with Gasteiger partial charge in [-0.25, -0.2) is 0 Å². The number of carbonyl (C=O) groups is 1. The highest BCUT2D eigenvalue weighted by molar-refractivity contribution is 5.94. The molecule has 0 radical (unpaired) electrons. The summed E-state index contributed by atoms with van der Waals surface area (Å²) < 4.78 is 0. The van der Waals surface area contributed by atoms with Crippen molar-refractivity contribution in [2.24, 2.45) is 0 Å². The predicted molar refractivity (Wildman–Crippen MR) is 96.7 cm³/mol. The maximum atomic E-state index is 13.0. The van der Waals surface area contributed by atoms with Crippen LogP contribution in [0.25, 0.3) is 0 Å². The largest absolute Gasteiger partial charge is 0.333 e. The molecule has 0 saturated carbocycles. The Hall–Kier alpha value is -2.17. The van der Waals surface area contributed by atoms with Crippen LogP contribution in [0, 0.1) is 0 Å². The van der Waals surface area contributed by atoms with Crippen LogP contribution in [0.2, 0.25) is 0 Å². The Labute approximate surface area is 144 Å². The normalized spacial score (nSPS) is 13.1. The fraction of sp³-hybridized carbons (Fsp3) is 0.350. The average Bonchev–Trinajstić information content (AvgIpc) is 3.06. The number of fused-ring (bicyclic) bond motifs is 1. The quantitative estimate of drug-likeness (QED) is 0.887. The van der Waals surface area contributed by atoms with E-state index in [1.807, 2.05) is 49.3 Å². The van der Waals surface area contributed by atoms with Crippen LogP contribution in [-0.2, 0) is 19.6 Å². The Morgan fingerprint density at radius 1 is 1.00 bits per heavy atom. The average molecular weight is 323 g/mol. The van der Waals surface area contributed by atoms with Gasteiger partial charge in [-0.1, -0.05) is 36.4 Å². The lowest BCUT2D eigenvalue weighted by Gasteiger charge is -2.25. The number of likely N-dealkylation sites (N-methyl/N-ethyl adjacent to an activating group) is 1. The van der Waals surface area contributed by atoms with Crippen LogP contribution in [0.3, 0.4) is 0 Å². The van der Waals surface area contributed by atoms with Crippen molar-refractivity contribution < 1.29 is 4.79 Å². The molecule has 1 heterocycles. The number of amides is 1. The molecule has 2 aromatic rings. The fourth-order valence-electron chi connectivity index (χ4n) is 2.99. The number of benzene rings is 2. The van der Waals surface area contributed by atoms with Gasteiger partial charge < -0.3 is 15.1 Å². The van der Waals surface area contributed by atoms with Crippen LogP contribution in [0.15, 0.2) is 48.5 Å². The lowest BCUT2D eigenvalue weighted by atomic mass is 10.1. The molecular weight excluding hydrogens is 298 g/mol. The maximum Gasteiger partial charge on any atom is 0.254 e. The Morgan fingerprint density at radius 3 is 2.50 bits per heavy atom. The SMILES string of the molecule is CN(C)CCN(Cc1ccccc1)C(=O)c1ccc2c(c1)CNC2. The molecule has 2 aromatic carbocycles. The van der Waals surface area contributed by atoms with Gasteiger partial charge in [0, 0.05) is 38.3 Å². The molecular formula is C20H25N3O. The number of nitrogens with one attached hydrogen (secondary N) is 1. The number of nitrogens with zero attached hydrogens (tertiary/aromatic N) is 2. The zero-order valence-corrected chi connectivity index (χ0v) is 14.5. The fourth-order valence-corrected chi connectivity index (χ4v) is 2.99. The third kappa shape index (κ3) is 4.02. The number of hydrogen-bond donors (Lipinski definition) is 1. The first-order chi connectivity index (χ1) is 11.6. The highest BCUT2D eigenvalue weighted by Gasteiger charge is 2.19. The third-order valence-corrected chi connectivity index (χ3v) is 4.40. The lowest BCUT2D eigenvalue weighted by Crippen LogP contribution is -2.36. The monoisotopic (exact) mass is 323 g/mol. The van der Waals surface area contributed by atoms with Gasteiger partial charge in [0.2, 0.25) is 0 Å². The first-order valence-electron chi connectivity index (χ1n) is 8.44. The van der Waals surface area contributed by atoms with Gasteiger partial charge >= 0.3 is 0 Å². The number of hydrogen-bond acceptors (Lipinski definition) is 3. The van der Waals surface area contributed by atoms with Crippen molar-refractivity contribution >= 4 is 5.91 Å². The van der Waals surface area contributed by atoms with Gasteiger partial charge in [0.25, 0.3) is 5.91 Å². The smallest absolute Gasteiger partial charge is 0.254 e. The van der Waals surface area contributed by atoms with Crippen molar-refractivity contribution in [1.82, 2.24) is 15.1 Å². The minimum atomic E-state index is 0.107. The third-order valence-electron chi connectivity index (χ3n) is 4.40. The zero-order chi connectivity index (χ0) is 16.9. The van der Waals surface area contributed by atoms with Gasteiger partial charge in [0.05, 0.1) is 0 Å². The summed E-state index contributed by atoms with van der Waals surface area (Å²) in [5.74, 6) is 0.107. The predicted octanol–water partition coefficient (Wildman–Crippen LogP) is 2.49.